The summed E-state index contributed by atoms with van der Waals surface area (Å²) in [6.07, 6.45) is 0.572. The molecule has 1 aromatic heterocycles. The zero-order chi connectivity index (χ0) is 18.9. The second-order valence-electron chi connectivity index (χ2n) is 5.40. The summed E-state index contributed by atoms with van der Waals surface area (Å²) in [5, 5.41) is 2.73. The highest BCUT2D eigenvalue weighted by Gasteiger charge is 2.21. The van der Waals surface area contributed by atoms with Crippen molar-refractivity contribution in [3.63, 3.8) is 0 Å². The van der Waals surface area contributed by atoms with Crippen LogP contribution < -0.4 is 14.8 Å². The molecule has 138 valence electrons. The average molecular weight is 358 g/mol. The fourth-order valence-electron chi connectivity index (χ4n) is 2.15. The molecular weight excluding hydrogens is 336 g/mol. The van der Waals surface area contributed by atoms with E-state index in [1.54, 1.807) is 26.2 Å². The summed E-state index contributed by atoms with van der Waals surface area (Å²) >= 11 is 0. The third kappa shape index (κ3) is 5.20. The summed E-state index contributed by atoms with van der Waals surface area (Å²) in [4.78, 5) is 28.4. The van der Waals surface area contributed by atoms with E-state index in [1.165, 1.54) is 13.1 Å². The van der Waals surface area contributed by atoms with Crippen LogP contribution in [-0.2, 0) is 16.1 Å². The Labute approximate surface area is 152 Å². The van der Waals surface area contributed by atoms with Crippen LogP contribution >= 0.6 is 0 Å². The molecule has 0 aliphatic heterocycles. The molecule has 2 rings (SSSR count). The van der Waals surface area contributed by atoms with Crippen molar-refractivity contribution in [1.82, 2.24) is 10.3 Å². The fourth-order valence-corrected chi connectivity index (χ4v) is 2.15. The Morgan fingerprint density at radius 1 is 1.19 bits per heavy atom. The first-order valence-corrected chi connectivity index (χ1v) is 8.24. The minimum Gasteiger partial charge on any atom is -0.497 e. The molecule has 0 aliphatic carbocycles. The van der Waals surface area contributed by atoms with Gasteiger partial charge < -0.3 is 19.5 Å². The van der Waals surface area contributed by atoms with Gasteiger partial charge in [0.05, 0.1) is 13.7 Å². The number of ether oxygens (including phenoxy) is 3. The van der Waals surface area contributed by atoms with Gasteiger partial charge in [-0.05, 0) is 43.7 Å². The molecular formula is C19H22N2O5. The van der Waals surface area contributed by atoms with Crippen molar-refractivity contribution in [1.29, 1.82) is 0 Å². The lowest BCUT2D eigenvalue weighted by atomic mass is 10.2. The number of nitrogens with one attached hydrogen (secondary N) is 1. The molecule has 0 aliphatic rings. The summed E-state index contributed by atoms with van der Waals surface area (Å²) in [7, 11) is 1.59. The Hall–Kier alpha value is -3.09. The highest BCUT2D eigenvalue weighted by atomic mass is 16.5. The number of nitrogens with zero attached hydrogens (tertiary/aromatic N) is 1. The topological polar surface area (TPSA) is 86.8 Å². The van der Waals surface area contributed by atoms with Crippen LogP contribution in [0.25, 0.3) is 0 Å². The highest BCUT2D eigenvalue weighted by Crippen LogP contribution is 2.16. The molecule has 7 nitrogen and oxygen atoms in total. The van der Waals surface area contributed by atoms with E-state index >= 15 is 0 Å². The molecule has 0 fully saturated rings. The Morgan fingerprint density at radius 2 is 1.92 bits per heavy atom. The number of methoxy groups -OCH3 is 1. The number of benzene rings is 1. The van der Waals surface area contributed by atoms with E-state index in [0.29, 0.717) is 13.2 Å². The van der Waals surface area contributed by atoms with Crippen LogP contribution in [0.4, 0.5) is 0 Å². The largest absolute Gasteiger partial charge is 0.497 e. The first-order valence-electron chi connectivity index (χ1n) is 8.24. The number of esters is 1. The normalized spacial score (nSPS) is 11.3. The van der Waals surface area contributed by atoms with Crippen molar-refractivity contribution in [2.45, 2.75) is 26.5 Å². The van der Waals surface area contributed by atoms with Gasteiger partial charge in [0, 0.05) is 12.7 Å². The fraction of sp³-hybridized carbons (Fsp3) is 0.316. The highest BCUT2D eigenvalue weighted by molar-refractivity contribution is 5.94. The van der Waals surface area contributed by atoms with Gasteiger partial charge in [0.25, 0.3) is 5.91 Å². The van der Waals surface area contributed by atoms with Crippen molar-refractivity contribution in [2.24, 2.45) is 0 Å². The molecule has 7 heteroatoms. The molecule has 0 bridgehead atoms. The van der Waals surface area contributed by atoms with E-state index in [9.17, 15) is 9.59 Å². The first kappa shape index (κ1) is 19.2. The Bertz CT molecular complexity index is 746. The summed E-state index contributed by atoms with van der Waals surface area (Å²) in [5.74, 6) is -0.126. The van der Waals surface area contributed by atoms with Crippen molar-refractivity contribution in [3.8, 4) is 11.6 Å². The maximum absolute atomic E-state index is 12.3. The van der Waals surface area contributed by atoms with Crippen molar-refractivity contribution in [2.75, 3.05) is 13.7 Å². The van der Waals surface area contributed by atoms with Gasteiger partial charge in [0.15, 0.2) is 6.10 Å². The van der Waals surface area contributed by atoms with Crippen LogP contribution in [0.2, 0.25) is 0 Å². The van der Waals surface area contributed by atoms with E-state index in [2.05, 4.69) is 10.3 Å². The Kier molecular flexibility index (Phi) is 6.96. The minimum absolute atomic E-state index is 0.184. The number of amides is 1. The lowest BCUT2D eigenvalue weighted by Gasteiger charge is -2.14. The van der Waals surface area contributed by atoms with Gasteiger partial charge in [0.1, 0.15) is 11.3 Å². The summed E-state index contributed by atoms with van der Waals surface area (Å²) < 4.78 is 15.6. The number of pyridine rings is 1. The van der Waals surface area contributed by atoms with Crippen molar-refractivity contribution >= 4 is 11.9 Å². The Balaban J connectivity index is 1.90. The number of hydrogen-bond acceptors (Lipinski definition) is 6. The SMILES string of the molecule is CCOc1ncccc1C(=O)O[C@H](C)C(=O)NCc1ccc(OC)cc1. The van der Waals surface area contributed by atoms with E-state index in [0.717, 1.165) is 11.3 Å². The van der Waals surface area contributed by atoms with Crippen LogP contribution in [0.3, 0.4) is 0 Å². The number of hydrogen-bond donors (Lipinski definition) is 1. The van der Waals surface area contributed by atoms with Gasteiger partial charge in [-0.1, -0.05) is 12.1 Å². The van der Waals surface area contributed by atoms with E-state index in [4.69, 9.17) is 14.2 Å². The zero-order valence-corrected chi connectivity index (χ0v) is 15.0. The molecule has 1 heterocycles. The quantitative estimate of drug-likeness (QED) is 0.729. The van der Waals surface area contributed by atoms with E-state index in [-0.39, 0.29) is 11.4 Å². The average Bonchev–Trinajstić information content (AvgIpc) is 2.67. The number of carbonyl (C=O) groups is 2. The monoisotopic (exact) mass is 358 g/mol. The van der Waals surface area contributed by atoms with Gasteiger partial charge in [-0.25, -0.2) is 9.78 Å². The van der Waals surface area contributed by atoms with Crippen LogP contribution in [0.1, 0.15) is 29.8 Å². The molecule has 26 heavy (non-hydrogen) atoms. The molecule has 1 amide bonds. The molecule has 2 aromatic rings. The molecule has 0 radical (unpaired) electrons. The van der Waals surface area contributed by atoms with Gasteiger partial charge in [-0.2, -0.15) is 0 Å². The molecule has 1 aromatic carbocycles. The standard InChI is InChI=1S/C19H22N2O5/c1-4-25-18-16(6-5-11-20-18)19(23)26-13(2)17(22)21-12-14-7-9-15(24-3)10-8-14/h5-11,13H,4,12H2,1-3H3,(H,21,22)/t13-/m1/s1. The maximum Gasteiger partial charge on any atom is 0.344 e. The second-order valence-corrected chi connectivity index (χ2v) is 5.40. The van der Waals surface area contributed by atoms with Crippen molar-refractivity contribution in [3.05, 3.63) is 53.7 Å². The number of carbonyl (C=O) groups excluding carboxylic acids is 2. The summed E-state index contributed by atoms with van der Waals surface area (Å²) in [6, 6.07) is 10.5. The van der Waals surface area contributed by atoms with Gasteiger partial charge in [-0.3, -0.25) is 4.79 Å². The van der Waals surface area contributed by atoms with Crippen LogP contribution in [-0.4, -0.2) is 36.7 Å². The third-order valence-electron chi connectivity index (χ3n) is 3.55. The maximum atomic E-state index is 12.3. The van der Waals surface area contributed by atoms with Crippen LogP contribution in [0, 0.1) is 0 Å². The second kappa shape index (κ2) is 9.41. The van der Waals surface area contributed by atoms with Gasteiger partial charge in [0.2, 0.25) is 5.88 Å². The minimum atomic E-state index is -0.949. The summed E-state index contributed by atoms with van der Waals surface area (Å²) in [6.45, 7) is 3.99. The first-order chi connectivity index (χ1) is 12.5. The van der Waals surface area contributed by atoms with Gasteiger partial charge >= 0.3 is 5.97 Å². The van der Waals surface area contributed by atoms with Crippen LogP contribution in [0.5, 0.6) is 11.6 Å². The van der Waals surface area contributed by atoms with Crippen molar-refractivity contribution < 1.29 is 23.8 Å². The zero-order valence-electron chi connectivity index (χ0n) is 15.0. The summed E-state index contributed by atoms with van der Waals surface area (Å²) in [5.41, 5.74) is 1.09. The van der Waals surface area contributed by atoms with Crippen LogP contribution in [0.15, 0.2) is 42.6 Å². The molecule has 1 N–H and O–H groups in total. The molecule has 0 spiro atoms. The Morgan fingerprint density at radius 3 is 2.58 bits per heavy atom. The molecule has 1 atom stereocenters. The van der Waals surface area contributed by atoms with E-state index < -0.39 is 18.0 Å². The smallest absolute Gasteiger partial charge is 0.344 e. The molecule has 0 unspecified atom stereocenters. The molecule has 0 saturated heterocycles. The molecule has 0 saturated carbocycles. The number of rotatable bonds is 8. The van der Waals surface area contributed by atoms with Gasteiger partial charge in [-0.15, -0.1) is 0 Å². The predicted octanol–water partition coefficient (Wildman–Crippen LogP) is 2.35. The predicted molar refractivity (Wildman–Crippen MR) is 95.1 cm³/mol. The van der Waals surface area contributed by atoms with E-state index in [1.807, 2.05) is 24.3 Å². The number of aromatic nitrogens is 1. The lowest BCUT2D eigenvalue weighted by Crippen LogP contribution is -2.35. The lowest BCUT2D eigenvalue weighted by molar-refractivity contribution is -0.129. The third-order valence-corrected chi connectivity index (χ3v) is 3.55.